The lowest BCUT2D eigenvalue weighted by atomic mass is 10.1. The van der Waals surface area contributed by atoms with Crippen LogP contribution >= 0.6 is 0 Å². The largest absolute Gasteiger partial charge is 0.315 e. The van der Waals surface area contributed by atoms with E-state index in [1.165, 1.54) is 0 Å². The topological polar surface area (TPSA) is 43.4 Å². The zero-order chi connectivity index (χ0) is 11.8. The van der Waals surface area contributed by atoms with Gasteiger partial charge in [-0.1, -0.05) is 12.2 Å². The Hall–Kier alpha value is -0.133. The Morgan fingerprint density at radius 2 is 1.64 bits per heavy atom. The molecule has 0 aliphatic heterocycles. The molecule has 14 heavy (non-hydrogen) atoms. The lowest BCUT2D eigenvalue weighted by Gasteiger charge is -2.28. The van der Waals surface area contributed by atoms with Gasteiger partial charge in [0.15, 0.2) is 0 Å². The van der Waals surface area contributed by atoms with Gasteiger partial charge in [-0.05, 0) is 40.4 Å². The molecular formula is C9H20O3SSi. The van der Waals surface area contributed by atoms with Crippen LogP contribution in [0.1, 0.15) is 20.8 Å². The summed E-state index contributed by atoms with van der Waals surface area (Å²) in [4.78, 5) is 0. The van der Waals surface area contributed by atoms with E-state index in [-0.39, 0.29) is 0 Å². The van der Waals surface area contributed by atoms with Crippen molar-refractivity contribution in [3.8, 4) is 0 Å². The highest BCUT2D eigenvalue weighted by molar-refractivity contribution is 7.89. The quantitative estimate of drug-likeness (QED) is 0.556. The molecule has 0 spiro atoms. The Balaban J connectivity index is 5.09. The Labute approximate surface area is 88.4 Å². The van der Waals surface area contributed by atoms with Crippen LogP contribution in [0.15, 0.2) is 12.2 Å². The van der Waals surface area contributed by atoms with Crippen molar-refractivity contribution >= 4 is 18.4 Å². The van der Waals surface area contributed by atoms with E-state index >= 15 is 0 Å². The van der Waals surface area contributed by atoms with Crippen molar-refractivity contribution in [2.24, 2.45) is 0 Å². The van der Waals surface area contributed by atoms with Crippen molar-refractivity contribution < 1.29 is 12.3 Å². The molecule has 84 valence electrons. The van der Waals surface area contributed by atoms with Crippen molar-refractivity contribution in [2.45, 2.75) is 45.2 Å². The maximum absolute atomic E-state index is 11.9. The van der Waals surface area contributed by atoms with E-state index in [1.54, 1.807) is 20.8 Å². The standard InChI is InChI=1S/C9H20O3SSi/c1-8(2)9(3,4)13(10,11)12-14(5,6)7/h1H2,2-7H3. The van der Waals surface area contributed by atoms with Crippen LogP contribution in [0.2, 0.25) is 19.6 Å². The molecule has 0 heterocycles. The van der Waals surface area contributed by atoms with Crippen LogP contribution in [0.3, 0.4) is 0 Å². The molecule has 0 amide bonds. The van der Waals surface area contributed by atoms with Crippen LogP contribution in [0.25, 0.3) is 0 Å². The van der Waals surface area contributed by atoms with Gasteiger partial charge < -0.3 is 3.87 Å². The Morgan fingerprint density at radius 1 is 1.29 bits per heavy atom. The van der Waals surface area contributed by atoms with Crippen LogP contribution in [0.5, 0.6) is 0 Å². The van der Waals surface area contributed by atoms with E-state index in [0.717, 1.165) is 0 Å². The molecule has 0 radical (unpaired) electrons. The van der Waals surface area contributed by atoms with Gasteiger partial charge in [0, 0.05) is 0 Å². The van der Waals surface area contributed by atoms with Crippen molar-refractivity contribution in [3.63, 3.8) is 0 Å². The number of hydrogen-bond donors (Lipinski definition) is 0. The average Bonchev–Trinajstić information content (AvgIpc) is 1.80. The van der Waals surface area contributed by atoms with E-state index in [0.29, 0.717) is 5.57 Å². The molecule has 0 fully saturated rings. The molecule has 0 aromatic rings. The van der Waals surface area contributed by atoms with Crippen LogP contribution in [0.4, 0.5) is 0 Å². The maximum atomic E-state index is 11.9. The summed E-state index contributed by atoms with van der Waals surface area (Å²) in [6, 6.07) is 0. The zero-order valence-corrected chi connectivity index (χ0v) is 11.7. The highest BCUT2D eigenvalue weighted by Gasteiger charge is 2.39. The Kier molecular flexibility index (Phi) is 3.75. The molecule has 0 aliphatic rings. The van der Waals surface area contributed by atoms with Crippen molar-refractivity contribution in [3.05, 3.63) is 12.2 Å². The van der Waals surface area contributed by atoms with Gasteiger partial charge in [0.25, 0.3) is 10.1 Å². The van der Waals surface area contributed by atoms with Gasteiger partial charge >= 0.3 is 0 Å². The molecule has 0 atom stereocenters. The molecule has 0 aromatic carbocycles. The summed E-state index contributed by atoms with van der Waals surface area (Å²) in [6.07, 6.45) is 0. The Bertz CT molecular complexity index is 322. The lowest BCUT2D eigenvalue weighted by molar-refractivity contribution is 0.458. The highest BCUT2D eigenvalue weighted by atomic mass is 32.2. The first-order valence-corrected chi connectivity index (χ1v) is 9.33. The van der Waals surface area contributed by atoms with E-state index in [2.05, 4.69) is 6.58 Å². The predicted octanol–water partition coefficient (Wildman–Crippen LogP) is 2.52. The summed E-state index contributed by atoms with van der Waals surface area (Å²) >= 11 is 0. The lowest BCUT2D eigenvalue weighted by Crippen LogP contribution is -2.41. The molecule has 0 aliphatic carbocycles. The van der Waals surface area contributed by atoms with Gasteiger partial charge in [-0.3, -0.25) is 0 Å². The fourth-order valence-electron chi connectivity index (χ4n) is 0.647. The van der Waals surface area contributed by atoms with Crippen molar-refractivity contribution in [2.75, 3.05) is 0 Å². The third-order valence-corrected chi connectivity index (χ3v) is 6.49. The number of hydrogen-bond acceptors (Lipinski definition) is 3. The van der Waals surface area contributed by atoms with Gasteiger partial charge in [0.2, 0.25) is 8.32 Å². The molecular weight excluding hydrogens is 216 g/mol. The van der Waals surface area contributed by atoms with Crippen LogP contribution in [-0.4, -0.2) is 21.5 Å². The minimum absolute atomic E-state index is 0.593. The zero-order valence-electron chi connectivity index (χ0n) is 9.84. The second kappa shape index (κ2) is 3.79. The fraction of sp³-hybridized carbons (Fsp3) is 0.778. The summed E-state index contributed by atoms with van der Waals surface area (Å²) in [6.45, 7) is 14.1. The summed E-state index contributed by atoms with van der Waals surface area (Å²) in [7, 11) is -5.63. The smallest absolute Gasteiger partial charge is 0.266 e. The van der Waals surface area contributed by atoms with Crippen molar-refractivity contribution in [1.29, 1.82) is 0 Å². The SMILES string of the molecule is C=C(C)C(C)(C)S(=O)(=O)O[Si](C)(C)C. The molecule has 0 rings (SSSR count). The maximum Gasteiger partial charge on any atom is 0.266 e. The molecule has 0 unspecified atom stereocenters. The Morgan fingerprint density at radius 3 is 1.86 bits per heavy atom. The fourth-order valence-corrected chi connectivity index (χ4v) is 4.54. The van der Waals surface area contributed by atoms with Gasteiger partial charge in [-0.15, -0.1) is 0 Å². The van der Waals surface area contributed by atoms with Crippen LogP contribution in [0, 0.1) is 0 Å². The summed E-state index contributed by atoms with van der Waals surface area (Å²) in [5.74, 6) is 0. The van der Waals surface area contributed by atoms with E-state index in [1.807, 2.05) is 19.6 Å². The third kappa shape index (κ3) is 3.22. The first-order valence-electron chi connectivity index (χ1n) is 4.51. The molecule has 0 saturated carbocycles. The van der Waals surface area contributed by atoms with Gasteiger partial charge in [-0.25, -0.2) is 0 Å². The summed E-state index contributed by atoms with van der Waals surface area (Å²) in [5, 5.41) is 0. The van der Waals surface area contributed by atoms with E-state index < -0.39 is 23.2 Å². The minimum Gasteiger partial charge on any atom is -0.315 e. The monoisotopic (exact) mass is 236 g/mol. The minimum atomic E-state index is -3.55. The predicted molar refractivity (Wildman–Crippen MR) is 62.2 cm³/mol. The molecule has 0 saturated heterocycles. The third-order valence-electron chi connectivity index (χ3n) is 2.01. The average molecular weight is 236 g/mol. The summed E-state index contributed by atoms with van der Waals surface area (Å²) < 4.78 is 27.9. The second-order valence-electron chi connectivity index (χ2n) is 4.94. The van der Waals surface area contributed by atoms with Crippen molar-refractivity contribution in [1.82, 2.24) is 0 Å². The molecule has 5 heteroatoms. The van der Waals surface area contributed by atoms with E-state index in [4.69, 9.17) is 3.87 Å². The second-order valence-corrected chi connectivity index (χ2v) is 11.8. The number of rotatable bonds is 4. The first-order chi connectivity index (χ1) is 5.90. The van der Waals surface area contributed by atoms with E-state index in [9.17, 15) is 8.42 Å². The summed E-state index contributed by atoms with van der Waals surface area (Å²) in [5.41, 5.74) is 0.593. The normalized spacial score (nSPS) is 14.1. The molecule has 3 nitrogen and oxygen atoms in total. The van der Waals surface area contributed by atoms with Gasteiger partial charge in [0.05, 0.1) is 0 Å². The van der Waals surface area contributed by atoms with Crippen LogP contribution < -0.4 is 0 Å². The first kappa shape index (κ1) is 13.9. The molecule has 0 N–H and O–H groups in total. The molecule has 0 aromatic heterocycles. The molecule has 0 bridgehead atoms. The van der Waals surface area contributed by atoms with Gasteiger partial charge in [0.1, 0.15) is 4.75 Å². The van der Waals surface area contributed by atoms with Gasteiger partial charge in [-0.2, -0.15) is 8.42 Å². The van der Waals surface area contributed by atoms with Crippen LogP contribution in [-0.2, 0) is 14.0 Å². The highest BCUT2D eigenvalue weighted by Crippen LogP contribution is 2.28.